The molecule has 2 aromatic rings. The van der Waals surface area contributed by atoms with Gasteiger partial charge in [0.2, 0.25) is 0 Å². The second kappa shape index (κ2) is 12.3. The van der Waals surface area contributed by atoms with Crippen LogP contribution in [0, 0.1) is 10.1 Å². The molecule has 1 unspecified atom stereocenters. The zero-order valence-electron chi connectivity index (χ0n) is 22.4. The fourth-order valence-corrected chi connectivity index (χ4v) is 5.14. The third-order valence-electron chi connectivity index (χ3n) is 6.84. The summed E-state index contributed by atoms with van der Waals surface area (Å²) in [5.41, 5.74) is 4.41. The highest BCUT2D eigenvalue weighted by Crippen LogP contribution is 2.32. The number of fused-ring (bicyclic) bond motifs is 1. The van der Waals surface area contributed by atoms with E-state index in [2.05, 4.69) is 45.8 Å². The number of rotatable bonds is 8. The van der Waals surface area contributed by atoms with Gasteiger partial charge in [0.05, 0.1) is 29.0 Å². The molecule has 9 heteroatoms. The summed E-state index contributed by atoms with van der Waals surface area (Å²) in [6.45, 7) is 14.3. The SMILES string of the molecule is CC.CC(C)Oc1ccccc1N1CCN(CC2CC(CN3CCc4ccc([N+](=O)[O-])cc43)=NO2)CC1. The number of benzene rings is 2. The molecule has 0 aliphatic carbocycles. The van der Waals surface area contributed by atoms with Gasteiger partial charge in [-0.25, -0.2) is 0 Å². The van der Waals surface area contributed by atoms with Gasteiger partial charge < -0.3 is 19.4 Å². The first-order chi connectivity index (χ1) is 18.0. The van der Waals surface area contributed by atoms with Crippen LogP contribution >= 0.6 is 0 Å². The van der Waals surface area contributed by atoms with Gasteiger partial charge in [0.1, 0.15) is 11.9 Å². The first-order valence-electron chi connectivity index (χ1n) is 13.4. The molecule has 200 valence electrons. The summed E-state index contributed by atoms with van der Waals surface area (Å²) in [5, 5.41) is 15.5. The number of nitro groups is 1. The van der Waals surface area contributed by atoms with E-state index in [0.29, 0.717) is 6.54 Å². The molecule has 3 heterocycles. The molecule has 1 fully saturated rings. The summed E-state index contributed by atoms with van der Waals surface area (Å²) in [5.74, 6) is 0.946. The molecule has 1 atom stereocenters. The van der Waals surface area contributed by atoms with E-state index in [1.54, 1.807) is 12.1 Å². The Balaban J connectivity index is 0.00000156. The van der Waals surface area contributed by atoms with Crippen LogP contribution in [0.1, 0.15) is 39.7 Å². The monoisotopic (exact) mass is 509 g/mol. The third-order valence-corrected chi connectivity index (χ3v) is 6.84. The molecule has 0 spiro atoms. The number of anilines is 2. The van der Waals surface area contributed by atoms with E-state index in [1.807, 2.05) is 32.0 Å². The van der Waals surface area contributed by atoms with Gasteiger partial charge in [0, 0.05) is 63.5 Å². The van der Waals surface area contributed by atoms with E-state index in [1.165, 1.54) is 0 Å². The lowest BCUT2D eigenvalue weighted by Crippen LogP contribution is -2.48. The molecule has 0 amide bonds. The molecule has 0 bridgehead atoms. The number of nitrogens with zero attached hydrogens (tertiary/aromatic N) is 5. The Morgan fingerprint density at radius 3 is 2.57 bits per heavy atom. The van der Waals surface area contributed by atoms with Crippen molar-refractivity contribution in [3.8, 4) is 5.75 Å². The molecule has 0 saturated carbocycles. The first kappa shape index (κ1) is 26.7. The van der Waals surface area contributed by atoms with Crippen LogP contribution in [0.15, 0.2) is 47.6 Å². The topological polar surface area (TPSA) is 83.7 Å². The van der Waals surface area contributed by atoms with Crippen LogP contribution in [-0.2, 0) is 11.3 Å². The van der Waals surface area contributed by atoms with Crippen molar-refractivity contribution in [2.45, 2.75) is 52.7 Å². The van der Waals surface area contributed by atoms with E-state index < -0.39 is 0 Å². The van der Waals surface area contributed by atoms with Crippen LogP contribution in [0.25, 0.3) is 0 Å². The van der Waals surface area contributed by atoms with Crippen molar-refractivity contribution in [1.29, 1.82) is 0 Å². The van der Waals surface area contributed by atoms with Crippen molar-refractivity contribution in [3.05, 3.63) is 58.1 Å². The van der Waals surface area contributed by atoms with Crippen LogP contribution in [0.4, 0.5) is 17.1 Å². The van der Waals surface area contributed by atoms with E-state index in [-0.39, 0.29) is 22.8 Å². The highest BCUT2D eigenvalue weighted by atomic mass is 16.6. The summed E-state index contributed by atoms with van der Waals surface area (Å²) in [7, 11) is 0. The number of nitro benzene ring substituents is 1. The van der Waals surface area contributed by atoms with Crippen molar-refractivity contribution in [3.63, 3.8) is 0 Å². The normalized spacial score (nSPS) is 19.2. The molecule has 1 saturated heterocycles. The smallest absolute Gasteiger partial charge is 0.271 e. The molecule has 3 aliphatic heterocycles. The summed E-state index contributed by atoms with van der Waals surface area (Å²) >= 11 is 0. The first-order valence-corrected chi connectivity index (χ1v) is 13.4. The maximum absolute atomic E-state index is 11.2. The fourth-order valence-electron chi connectivity index (χ4n) is 5.14. The highest BCUT2D eigenvalue weighted by molar-refractivity contribution is 5.90. The standard InChI is InChI=1S/C26H33N5O4.C2H6/c1-19(2)34-26-6-4-3-5-24(26)29-13-11-28(12-14-29)18-23-15-21(27-35-23)17-30-10-9-20-7-8-22(31(32)33)16-25(20)30;1-2/h3-8,16,19,23H,9-15,17-18H2,1-2H3;1-2H3. The van der Waals surface area contributed by atoms with Gasteiger partial charge in [-0.2, -0.15) is 0 Å². The molecule has 37 heavy (non-hydrogen) atoms. The van der Waals surface area contributed by atoms with Gasteiger partial charge in [0.15, 0.2) is 0 Å². The average Bonchev–Trinajstić information content (AvgIpc) is 3.52. The zero-order chi connectivity index (χ0) is 26.4. The largest absolute Gasteiger partial charge is 0.489 e. The molecule has 0 N–H and O–H groups in total. The number of hydrogen-bond acceptors (Lipinski definition) is 8. The molecular weight excluding hydrogens is 470 g/mol. The maximum Gasteiger partial charge on any atom is 0.271 e. The Bertz CT molecular complexity index is 1100. The number of hydrogen-bond donors (Lipinski definition) is 0. The molecular formula is C28H39N5O4. The van der Waals surface area contributed by atoms with E-state index in [9.17, 15) is 10.1 Å². The Morgan fingerprint density at radius 1 is 1.08 bits per heavy atom. The second-order valence-electron chi connectivity index (χ2n) is 9.75. The minimum absolute atomic E-state index is 0.0558. The Hall–Kier alpha value is -3.33. The number of para-hydroxylation sites is 2. The Kier molecular flexibility index (Phi) is 8.87. The molecule has 9 nitrogen and oxygen atoms in total. The van der Waals surface area contributed by atoms with Crippen molar-refractivity contribution in [1.82, 2.24) is 4.90 Å². The van der Waals surface area contributed by atoms with Crippen LogP contribution < -0.4 is 14.5 Å². The molecule has 0 radical (unpaired) electrons. The van der Waals surface area contributed by atoms with Crippen LogP contribution in [-0.4, -0.2) is 73.6 Å². The summed E-state index contributed by atoms with van der Waals surface area (Å²) < 4.78 is 6.01. The van der Waals surface area contributed by atoms with Crippen molar-refractivity contribution >= 4 is 22.8 Å². The number of oxime groups is 1. The van der Waals surface area contributed by atoms with Crippen LogP contribution in [0.3, 0.4) is 0 Å². The zero-order valence-corrected chi connectivity index (χ0v) is 22.4. The third kappa shape index (κ3) is 6.52. The van der Waals surface area contributed by atoms with Crippen LogP contribution in [0.5, 0.6) is 5.75 Å². The summed E-state index contributed by atoms with van der Waals surface area (Å²) in [6, 6.07) is 13.4. The van der Waals surface area contributed by atoms with Crippen molar-refractivity contribution in [2.24, 2.45) is 5.16 Å². The van der Waals surface area contributed by atoms with Crippen molar-refractivity contribution in [2.75, 3.05) is 55.6 Å². The second-order valence-corrected chi connectivity index (χ2v) is 9.75. The average molecular weight is 510 g/mol. The Labute approximate surface area is 219 Å². The van der Waals surface area contributed by atoms with E-state index in [4.69, 9.17) is 9.57 Å². The van der Waals surface area contributed by atoms with Gasteiger partial charge in [0.25, 0.3) is 5.69 Å². The van der Waals surface area contributed by atoms with Gasteiger partial charge in [-0.15, -0.1) is 0 Å². The van der Waals surface area contributed by atoms with E-state index >= 15 is 0 Å². The predicted molar refractivity (Wildman–Crippen MR) is 148 cm³/mol. The molecule has 2 aromatic carbocycles. The van der Waals surface area contributed by atoms with Crippen LogP contribution in [0.2, 0.25) is 0 Å². The molecule has 3 aliphatic rings. The minimum Gasteiger partial charge on any atom is -0.489 e. The Morgan fingerprint density at radius 2 is 1.84 bits per heavy atom. The predicted octanol–water partition coefficient (Wildman–Crippen LogP) is 4.74. The van der Waals surface area contributed by atoms with Gasteiger partial charge in [-0.3, -0.25) is 15.0 Å². The lowest BCUT2D eigenvalue weighted by atomic mass is 10.1. The maximum atomic E-state index is 11.2. The highest BCUT2D eigenvalue weighted by Gasteiger charge is 2.29. The van der Waals surface area contributed by atoms with Gasteiger partial charge in [-0.1, -0.05) is 37.2 Å². The molecule has 0 aromatic heterocycles. The van der Waals surface area contributed by atoms with Gasteiger partial charge in [-0.05, 0) is 38.0 Å². The number of non-ortho nitro benzene ring substituents is 1. The molecule has 5 rings (SSSR count). The lowest BCUT2D eigenvalue weighted by molar-refractivity contribution is -0.384. The van der Waals surface area contributed by atoms with Gasteiger partial charge >= 0.3 is 0 Å². The van der Waals surface area contributed by atoms with Crippen molar-refractivity contribution < 1.29 is 14.5 Å². The number of ether oxygens (including phenoxy) is 1. The summed E-state index contributed by atoms with van der Waals surface area (Å²) in [6.07, 6.45) is 1.91. The number of piperazine rings is 1. The quantitative estimate of drug-likeness (QED) is 0.375. The minimum atomic E-state index is -0.335. The fraction of sp³-hybridized carbons (Fsp3) is 0.536. The van der Waals surface area contributed by atoms with E-state index in [0.717, 1.165) is 80.5 Å². The summed E-state index contributed by atoms with van der Waals surface area (Å²) in [4.78, 5) is 23.6. The lowest BCUT2D eigenvalue weighted by Gasteiger charge is -2.37.